The highest BCUT2D eigenvalue weighted by Crippen LogP contribution is 2.32. The van der Waals surface area contributed by atoms with Crippen LogP contribution in [0.25, 0.3) is 11.1 Å². The van der Waals surface area contributed by atoms with Gasteiger partial charge in [-0.1, -0.05) is 17.7 Å². The first-order valence-electron chi connectivity index (χ1n) is 5.23. The van der Waals surface area contributed by atoms with Gasteiger partial charge in [-0.05, 0) is 30.7 Å². The van der Waals surface area contributed by atoms with Crippen molar-refractivity contribution in [2.45, 2.75) is 6.92 Å². The molecule has 0 saturated carbocycles. The Morgan fingerprint density at radius 2 is 1.94 bits per heavy atom. The summed E-state index contributed by atoms with van der Waals surface area (Å²) in [5.74, 6) is -0.891. The van der Waals surface area contributed by atoms with Crippen molar-refractivity contribution in [3.05, 3.63) is 57.9 Å². The van der Waals surface area contributed by atoms with E-state index in [1.807, 2.05) is 0 Å². The van der Waals surface area contributed by atoms with Crippen molar-refractivity contribution in [3.8, 4) is 16.9 Å². The molecule has 92 valence electrons. The van der Waals surface area contributed by atoms with E-state index in [1.165, 1.54) is 18.2 Å². The van der Waals surface area contributed by atoms with E-state index < -0.39 is 22.2 Å². The van der Waals surface area contributed by atoms with Gasteiger partial charge in [-0.2, -0.15) is 0 Å². The Morgan fingerprint density at radius 3 is 2.61 bits per heavy atom. The fraction of sp³-hybridized carbons (Fsp3) is 0.0769. The monoisotopic (exact) mass is 247 g/mol. The van der Waals surface area contributed by atoms with Crippen molar-refractivity contribution in [1.82, 2.24) is 0 Å². The minimum absolute atomic E-state index is 0.276. The molecule has 0 atom stereocenters. The minimum atomic E-state index is -0.702. The Labute approximate surface area is 102 Å². The SMILES string of the molecule is Cc1ccc(F)c(-c2ccc(O)c([N+](=O)[O-])c2)c1. The molecule has 2 aromatic carbocycles. The van der Waals surface area contributed by atoms with Gasteiger partial charge in [0.25, 0.3) is 0 Å². The maximum atomic E-state index is 13.7. The molecule has 0 radical (unpaired) electrons. The number of aromatic hydroxyl groups is 1. The van der Waals surface area contributed by atoms with E-state index in [4.69, 9.17) is 0 Å². The average Bonchev–Trinajstić information content (AvgIpc) is 2.33. The molecule has 0 spiro atoms. The molecule has 2 rings (SSSR count). The molecule has 0 aliphatic heterocycles. The molecule has 0 aliphatic rings. The molecule has 4 nitrogen and oxygen atoms in total. The summed E-state index contributed by atoms with van der Waals surface area (Å²) in [6.07, 6.45) is 0. The van der Waals surface area contributed by atoms with E-state index in [-0.39, 0.29) is 5.56 Å². The Morgan fingerprint density at radius 1 is 1.22 bits per heavy atom. The van der Waals surface area contributed by atoms with Crippen molar-refractivity contribution < 1.29 is 14.4 Å². The van der Waals surface area contributed by atoms with Gasteiger partial charge in [0.1, 0.15) is 5.82 Å². The van der Waals surface area contributed by atoms with Crippen LogP contribution >= 0.6 is 0 Å². The fourth-order valence-electron chi connectivity index (χ4n) is 1.70. The minimum Gasteiger partial charge on any atom is -0.502 e. The number of halogens is 1. The largest absolute Gasteiger partial charge is 0.502 e. The van der Waals surface area contributed by atoms with Gasteiger partial charge in [-0.3, -0.25) is 10.1 Å². The zero-order valence-corrected chi connectivity index (χ0v) is 9.55. The molecule has 0 amide bonds. The van der Waals surface area contributed by atoms with Gasteiger partial charge in [0.2, 0.25) is 0 Å². The number of aryl methyl sites for hydroxylation is 1. The highest BCUT2D eigenvalue weighted by atomic mass is 19.1. The van der Waals surface area contributed by atoms with Gasteiger partial charge < -0.3 is 5.11 Å². The molecule has 0 saturated heterocycles. The maximum Gasteiger partial charge on any atom is 0.311 e. The van der Waals surface area contributed by atoms with E-state index in [1.54, 1.807) is 19.1 Å². The summed E-state index contributed by atoms with van der Waals surface area (Å²) in [6, 6.07) is 8.32. The molecule has 2 aromatic rings. The molecule has 1 N–H and O–H groups in total. The first-order valence-corrected chi connectivity index (χ1v) is 5.23. The molecule has 0 unspecified atom stereocenters. The number of benzene rings is 2. The van der Waals surface area contributed by atoms with Crippen molar-refractivity contribution in [2.24, 2.45) is 0 Å². The smallest absolute Gasteiger partial charge is 0.311 e. The van der Waals surface area contributed by atoms with Crippen molar-refractivity contribution in [1.29, 1.82) is 0 Å². The summed E-state index contributed by atoms with van der Waals surface area (Å²) in [5, 5.41) is 20.0. The van der Waals surface area contributed by atoms with E-state index >= 15 is 0 Å². The van der Waals surface area contributed by atoms with E-state index in [0.717, 1.165) is 11.6 Å². The van der Waals surface area contributed by atoms with Crippen molar-refractivity contribution in [3.63, 3.8) is 0 Å². The summed E-state index contributed by atoms with van der Waals surface area (Å²) in [6.45, 7) is 1.80. The highest BCUT2D eigenvalue weighted by molar-refractivity contribution is 5.69. The van der Waals surface area contributed by atoms with Gasteiger partial charge in [-0.15, -0.1) is 0 Å². The molecule has 0 aromatic heterocycles. The van der Waals surface area contributed by atoms with Crippen LogP contribution in [0.3, 0.4) is 0 Å². The van der Waals surface area contributed by atoms with Crippen LogP contribution in [0.5, 0.6) is 5.75 Å². The summed E-state index contributed by atoms with van der Waals surface area (Å²) in [5.41, 5.74) is 1.05. The van der Waals surface area contributed by atoms with Gasteiger partial charge in [0.05, 0.1) is 4.92 Å². The van der Waals surface area contributed by atoms with Gasteiger partial charge in [0, 0.05) is 11.6 Å². The maximum absolute atomic E-state index is 13.7. The molecule has 0 aliphatic carbocycles. The lowest BCUT2D eigenvalue weighted by Crippen LogP contribution is -1.91. The van der Waals surface area contributed by atoms with Crippen LogP contribution in [0.4, 0.5) is 10.1 Å². The summed E-state index contributed by atoms with van der Waals surface area (Å²) in [4.78, 5) is 10.0. The predicted octanol–water partition coefficient (Wildman–Crippen LogP) is 3.41. The van der Waals surface area contributed by atoms with Gasteiger partial charge >= 0.3 is 5.69 Å². The lowest BCUT2D eigenvalue weighted by atomic mass is 10.0. The molecule has 0 fully saturated rings. The number of hydrogen-bond donors (Lipinski definition) is 1. The third kappa shape index (κ3) is 2.15. The number of phenols is 1. The van der Waals surface area contributed by atoms with Crippen LogP contribution in [0.15, 0.2) is 36.4 Å². The van der Waals surface area contributed by atoms with Crippen LogP contribution in [0.1, 0.15) is 5.56 Å². The number of hydrogen-bond acceptors (Lipinski definition) is 3. The van der Waals surface area contributed by atoms with Crippen LogP contribution in [-0.2, 0) is 0 Å². The van der Waals surface area contributed by atoms with E-state index in [9.17, 15) is 19.6 Å². The van der Waals surface area contributed by atoms with E-state index in [0.29, 0.717) is 5.56 Å². The van der Waals surface area contributed by atoms with Crippen LogP contribution in [0, 0.1) is 22.9 Å². The predicted molar refractivity (Wildman–Crippen MR) is 64.9 cm³/mol. The van der Waals surface area contributed by atoms with Crippen molar-refractivity contribution in [2.75, 3.05) is 0 Å². The van der Waals surface area contributed by atoms with Crippen LogP contribution in [0.2, 0.25) is 0 Å². The summed E-state index contributed by atoms with van der Waals surface area (Å²) < 4.78 is 13.7. The number of nitro benzene ring substituents is 1. The number of nitrogens with zero attached hydrogens (tertiary/aromatic N) is 1. The lowest BCUT2D eigenvalue weighted by Gasteiger charge is -2.05. The Kier molecular flexibility index (Phi) is 2.97. The summed E-state index contributed by atoms with van der Waals surface area (Å²) >= 11 is 0. The third-order valence-corrected chi connectivity index (χ3v) is 2.60. The Bertz CT molecular complexity index is 626. The second-order valence-corrected chi connectivity index (χ2v) is 3.94. The Hall–Kier alpha value is -2.43. The zero-order chi connectivity index (χ0) is 13.3. The second-order valence-electron chi connectivity index (χ2n) is 3.94. The molecule has 5 heteroatoms. The number of rotatable bonds is 2. The first kappa shape index (κ1) is 12.0. The van der Waals surface area contributed by atoms with Crippen LogP contribution < -0.4 is 0 Å². The standard InChI is InChI=1S/C13H10FNO3/c1-8-2-4-11(14)10(6-8)9-3-5-13(16)12(7-9)15(17)18/h2-7,16H,1H3. The van der Waals surface area contributed by atoms with E-state index in [2.05, 4.69) is 0 Å². The Balaban J connectivity index is 2.61. The molecule has 0 bridgehead atoms. The molecule has 18 heavy (non-hydrogen) atoms. The fourth-order valence-corrected chi connectivity index (χ4v) is 1.70. The normalized spacial score (nSPS) is 10.3. The summed E-state index contributed by atoms with van der Waals surface area (Å²) in [7, 11) is 0. The molecular formula is C13H10FNO3. The first-order chi connectivity index (χ1) is 8.49. The van der Waals surface area contributed by atoms with Crippen molar-refractivity contribution >= 4 is 5.69 Å². The zero-order valence-electron chi connectivity index (χ0n) is 9.55. The van der Waals surface area contributed by atoms with Gasteiger partial charge in [-0.25, -0.2) is 4.39 Å². The second kappa shape index (κ2) is 4.44. The third-order valence-electron chi connectivity index (χ3n) is 2.60. The number of nitro groups is 1. The average molecular weight is 247 g/mol. The molecular weight excluding hydrogens is 237 g/mol. The quantitative estimate of drug-likeness (QED) is 0.653. The number of phenolic OH excluding ortho intramolecular Hbond substituents is 1. The van der Waals surface area contributed by atoms with Crippen LogP contribution in [-0.4, -0.2) is 10.0 Å². The topological polar surface area (TPSA) is 63.4 Å². The van der Waals surface area contributed by atoms with Gasteiger partial charge in [0.15, 0.2) is 5.75 Å². The highest BCUT2D eigenvalue weighted by Gasteiger charge is 2.15. The molecule has 0 heterocycles. The lowest BCUT2D eigenvalue weighted by molar-refractivity contribution is -0.385.